The summed E-state index contributed by atoms with van der Waals surface area (Å²) in [5, 5.41) is 15.4. The average molecular weight is 429 g/mol. The van der Waals surface area contributed by atoms with Gasteiger partial charge < -0.3 is 20.1 Å². The topological polar surface area (TPSA) is 129 Å². The van der Waals surface area contributed by atoms with Gasteiger partial charge in [-0.25, -0.2) is 0 Å². The van der Waals surface area contributed by atoms with E-state index in [1.54, 1.807) is 18.2 Å². The lowest BCUT2D eigenvalue weighted by atomic mass is 9.79. The first-order chi connectivity index (χ1) is 15.6. The van der Waals surface area contributed by atoms with Crippen LogP contribution < -0.4 is 25.7 Å². The molecular formula is C23H19N5O4. The van der Waals surface area contributed by atoms with Crippen LogP contribution in [0.25, 0.3) is 0 Å². The van der Waals surface area contributed by atoms with Crippen molar-refractivity contribution >= 4 is 17.7 Å². The molecule has 0 aliphatic carbocycles. The van der Waals surface area contributed by atoms with Crippen LogP contribution in [0.15, 0.2) is 53.3 Å². The SMILES string of the molecule is N#CC1C(=O)Nc2nc(NCc3ccccc3)[nH]c(=O)c2C1c1ccc2c(c1)OCCO2. The van der Waals surface area contributed by atoms with Crippen molar-refractivity contribution in [3.05, 3.63) is 75.6 Å². The van der Waals surface area contributed by atoms with Crippen molar-refractivity contribution in [2.75, 3.05) is 23.8 Å². The van der Waals surface area contributed by atoms with Crippen LogP contribution in [-0.2, 0) is 11.3 Å². The predicted molar refractivity (Wildman–Crippen MR) is 116 cm³/mol. The van der Waals surface area contributed by atoms with Gasteiger partial charge in [-0.15, -0.1) is 0 Å². The number of benzene rings is 2. The molecule has 2 aromatic carbocycles. The Bertz CT molecular complexity index is 1280. The lowest BCUT2D eigenvalue weighted by molar-refractivity contribution is -0.119. The molecule has 2 atom stereocenters. The Morgan fingerprint density at radius 3 is 2.66 bits per heavy atom. The minimum Gasteiger partial charge on any atom is -0.486 e. The van der Waals surface area contributed by atoms with Crippen molar-refractivity contribution < 1.29 is 14.3 Å². The number of nitrogens with one attached hydrogen (secondary N) is 3. The summed E-state index contributed by atoms with van der Waals surface area (Å²) in [5.41, 5.74) is 1.42. The van der Waals surface area contributed by atoms with Gasteiger partial charge in [-0.3, -0.25) is 14.6 Å². The van der Waals surface area contributed by atoms with Crippen molar-refractivity contribution in [1.29, 1.82) is 5.26 Å². The highest BCUT2D eigenvalue weighted by Crippen LogP contribution is 2.41. The van der Waals surface area contributed by atoms with Crippen molar-refractivity contribution in [1.82, 2.24) is 9.97 Å². The number of amides is 1. The summed E-state index contributed by atoms with van der Waals surface area (Å²) in [4.78, 5) is 32.9. The highest BCUT2D eigenvalue weighted by Gasteiger charge is 2.40. The van der Waals surface area contributed by atoms with Gasteiger partial charge in [-0.2, -0.15) is 10.2 Å². The summed E-state index contributed by atoms with van der Waals surface area (Å²) in [6, 6.07) is 16.9. The maximum Gasteiger partial charge on any atom is 0.258 e. The van der Waals surface area contributed by atoms with Gasteiger partial charge in [-0.05, 0) is 23.3 Å². The molecule has 3 aromatic rings. The van der Waals surface area contributed by atoms with Gasteiger partial charge in [0.25, 0.3) is 5.56 Å². The Labute approximate surface area is 183 Å². The van der Waals surface area contributed by atoms with Crippen LogP contribution in [0.2, 0.25) is 0 Å². The van der Waals surface area contributed by atoms with Crippen LogP contribution in [0.3, 0.4) is 0 Å². The highest BCUT2D eigenvalue weighted by atomic mass is 16.6. The van der Waals surface area contributed by atoms with E-state index < -0.39 is 23.3 Å². The number of ether oxygens (including phenoxy) is 2. The van der Waals surface area contributed by atoms with Gasteiger partial charge in [0.05, 0.1) is 11.6 Å². The van der Waals surface area contributed by atoms with Crippen LogP contribution in [0.4, 0.5) is 11.8 Å². The van der Waals surface area contributed by atoms with Gasteiger partial charge in [0.1, 0.15) is 24.9 Å². The van der Waals surface area contributed by atoms with Gasteiger partial charge in [0, 0.05) is 12.5 Å². The summed E-state index contributed by atoms with van der Waals surface area (Å²) < 4.78 is 11.2. The molecule has 1 aromatic heterocycles. The number of aromatic amines is 1. The van der Waals surface area contributed by atoms with E-state index in [1.807, 2.05) is 36.4 Å². The van der Waals surface area contributed by atoms with Crippen molar-refractivity contribution in [3.8, 4) is 17.6 Å². The molecule has 9 nitrogen and oxygen atoms in total. The third kappa shape index (κ3) is 3.52. The molecule has 0 bridgehead atoms. The van der Waals surface area contributed by atoms with Crippen LogP contribution >= 0.6 is 0 Å². The van der Waals surface area contributed by atoms with E-state index >= 15 is 0 Å². The van der Waals surface area contributed by atoms with Crippen molar-refractivity contribution in [3.63, 3.8) is 0 Å². The second-order valence-corrected chi connectivity index (χ2v) is 7.49. The van der Waals surface area contributed by atoms with E-state index in [0.29, 0.717) is 36.8 Å². The minimum atomic E-state index is -1.09. The summed E-state index contributed by atoms with van der Waals surface area (Å²) >= 11 is 0. The fraction of sp³-hybridized carbons (Fsp3) is 0.217. The standard InChI is InChI=1S/C23H19N5O4/c24-11-15-18(14-6-7-16-17(10-14)32-9-8-31-16)19-20(26-21(15)29)27-23(28-22(19)30)25-12-13-4-2-1-3-5-13/h1-7,10,15,18H,8-9,12H2,(H3,25,26,27,28,29,30). The van der Waals surface area contributed by atoms with E-state index in [4.69, 9.17) is 9.47 Å². The van der Waals surface area contributed by atoms with Crippen molar-refractivity contribution in [2.24, 2.45) is 5.92 Å². The zero-order valence-corrected chi connectivity index (χ0v) is 16.9. The van der Waals surface area contributed by atoms with Gasteiger partial charge in [0.15, 0.2) is 11.5 Å². The molecule has 0 saturated carbocycles. The number of carbonyl (C=O) groups is 1. The molecule has 3 N–H and O–H groups in total. The Morgan fingerprint density at radius 1 is 1.09 bits per heavy atom. The summed E-state index contributed by atoms with van der Waals surface area (Å²) in [6.07, 6.45) is 0. The smallest absolute Gasteiger partial charge is 0.258 e. The number of hydrogen-bond donors (Lipinski definition) is 3. The molecule has 2 aliphatic rings. The van der Waals surface area contributed by atoms with E-state index in [2.05, 4.69) is 20.6 Å². The molecule has 5 rings (SSSR count). The third-order valence-corrected chi connectivity index (χ3v) is 5.49. The number of hydrogen-bond acceptors (Lipinski definition) is 7. The van der Waals surface area contributed by atoms with E-state index in [0.717, 1.165) is 5.56 Å². The average Bonchev–Trinajstić information content (AvgIpc) is 2.82. The zero-order valence-electron chi connectivity index (χ0n) is 16.9. The summed E-state index contributed by atoms with van der Waals surface area (Å²) in [5.74, 6) is -0.915. The van der Waals surface area contributed by atoms with E-state index in [1.165, 1.54) is 0 Å². The maximum absolute atomic E-state index is 13.1. The highest BCUT2D eigenvalue weighted by molar-refractivity contribution is 5.98. The molecule has 1 amide bonds. The fourth-order valence-electron chi connectivity index (χ4n) is 3.99. The maximum atomic E-state index is 13.1. The third-order valence-electron chi connectivity index (χ3n) is 5.49. The van der Waals surface area contributed by atoms with Gasteiger partial charge in [-0.1, -0.05) is 36.4 Å². The molecule has 0 fully saturated rings. The molecule has 0 spiro atoms. The Hall–Kier alpha value is -4.32. The van der Waals surface area contributed by atoms with E-state index in [-0.39, 0.29) is 17.3 Å². The van der Waals surface area contributed by atoms with Gasteiger partial charge in [0.2, 0.25) is 11.9 Å². The Balaban J connectivity index is 1.53. The number of H-pyrrole nitrogens is 1. The minimum absolute atomic E-state index is 0.140. The predicted octanol–water partition coefficient (Wildman–Crippen LogP) is 2.38. The first kappa shape index (κ1) is 19.6. The number of nitriles is 1. The number of fused-ring (bicyclic) bond motifs is 2. The lowest BCUT2D eigenvalue weighted by Gasteiger charge is -2.29. The molecule has 0 radical (unpaired) electrons. The first-order valence-corrected chi connectivity index (χ1v) is 10.2. The number of nitrogens with zero attached hydrogens (tertiary/aromatic N) is 2. The van der Waals surface area contributed by atoms with Crippen LogP contribution in [0.5, 0.6) is 11.5 Å². The monoisotopic (exact) mass is 429 g/mol. The Kier molecular flexibility index (Phi) is 4.95. The normalized spacial score (nSPS) is 18.8. The van der Waals surface area contributed by atoms with Crippen LogP contribution in [0.1, 0.15) is 22.6 Å². The molecular weight excluding hydrogens is 410 g/mol. The summed E-state index contributed by atoms with van der Waals surface area (Å²) in [6.45, 7) is 1.30. The fourth-order valence-corrected chi connectivity index (χ4v) is 3.99. The number of anilines is 2. The zero-order chi connectivity index (χ0) is 22.1. The Morgan fingerprint density at radius 2 is 1.88 bits per heavy atom. The molecule has 32 heavy (non-hydrogen) atoms. The number of rotatable bonds is 4. The van der Waals surface area contributed by atoms with Crippen LogP contribution in [0, 0.1) is 17.2 Å². The molecule has 160 valence electrons. The quantitative estimate of drug-likeness (QED) is 0.581. The summed E-state index contributed by atoms with van der Waals surface area (Å²) in [7, 11) is 0. The van der Waals surface area contributed by atoms with Crippen LogP contribution in [-0.4, -0.2) is 29.1 Å². The molecule has 2 unspecified atom stereocenters. The first-order valence-electron chi connectivity index (χ1n) is 10.2. The molecule has 3 heterocycles. The largest absolute Gasteiger partial charge is 0.486 e. The second-order valence-electron chi connectivity index (χ2n) is 7.49. The molecule has 9 heteroatoms. The molecule has 0 saturated heterocycles. The van der Waals surface area contributed by atoms with Crippen molar-refractivity contribution in [2.45, 2.75) is 12.5 Å². The molecule has 2 aliphatic heterocycles. The second kappa shape index (κ2) is 8.07. The number of carbonyl (C=O) groups excluding carboxylic acids is 1. The van der Waals surface area contributed by atoms with E-state index in [9.17, 15) is 14.9 Å². The lowest BCUT2D eigenvalue weighted by Crippen LogP contribution is -2.38. The van der Waals surface area contributed by atoms with Gasteiger partial charge >= 0.3 is 0 Å². The number of aromatic nitrogens is 2.